The second-order valence-electron chi connectivity index (χ2n) is 7.91. The smallest absolute Gasteiger partial charge is 0.251 e. The van der Waals surface area contributed by atoms with Gasteiger partial charge in [0.25, 0.3) is 5.91 Å². The zero-order valence-corrected chi connectivity index (χ0v) is 17.4. The summed E-state index contributed by atoms with van der Waals surface area (Å²) < 4.78 is 27.5. The molecule has 28 heavy (non-hydrogen) atoms. The summed E-state index contributed by atoms with van der Waals surface area (Å²) in [6, 6.07) is 5.39. The molecule has 154 valence electrons. The van der Waals surface area contributed by atoms with E-state index in [9.17, 15) is 13.6 Å². The molecule has 6 heteroatoms. The van der Waals surface area contributed by atoms with Gasteiger partial charge < -0.3 is 5.32 Å². The van der Waals surface area contributed by atoms with Crippen LogP contribution in [0.3, 0.4) is 0 Å². The molecule has 0 radical (unpaired) electrons. The van der Waals surface area contributed by atoms with Crippen molar-refractivity contribution < 1.29 is 13.6 Å². The van der Waals surface area contributed by atoms with Crippen LogP contribution in [0.1, 0.15) is 86.5 Å². The minimum atomic E-state index is -2.57. The molecule has 1 aromatic heterocycles. The number of nitrogens with one attached hydrogen (secondary N) is 1. The van der Waals surface area contributed by atoms with Crippen molar-refractivity contribution in [2.45, 2.75) is 89.5 Å². The quantitative estimate of drug-likeness (QED) is 0.481. The lowest BCUT2D eigenvalue weighted by Gasteiger charge is -2.28. The van der Waals surface area contributed by atoms with Gasteiger partial charge in [-0.1, -0.05) is 39.0 Å². The van der Waals surface area contributed by atoms with E-state index in [1.54, 1.807) is 17.4 Å². The molecule has 1 N–H and O–H groups in total. The van der Waals surface area contributed by atoms with Gasteiger partial charge in [-0.2, -0.15) is 0 Å². The van der Waals surface area contributed by atoms with Crippen LogP contribution in [0, 0.1) is 0 Å². The topological polar surface area (TPSA) is 42.0 Å². The molecule has 0 aliphatic heterocycles. The van der Waals surface area contributed by atoms with E-state index in [2.05, 4.69) is 17.2 Å². The van der Waals surface area contributed by atoms with Crippen LogP contribution in [0.25, 0.3) is 10.2 Å². The number of carbonyl (C=O) groups is 1. The number of hydrogen-bond donors (Lipinski definition) is 1. The summed E-state index contributed by atoms with van der Waals surface area (Å²) in [7, 11) is 0. The van der Waals surface area contributed by atoms with Crippen molar-refractivity contribution in [1.29, 1.82) is 0 Å². The van der Waals surface area contributed by atoms with Gasteiger partial charge in [-0.25, -0.2) is 13.8 Å². The number of nitrogens with zero attached hydrogens (tertiary/aromatic N) is 1. The highest BCUT2D eigenvalue weighted by Gasteiger charge is 2.35. The van der Waals surface area contributed by atoms with E-state index in [0.717, 1.165) is 28.1 Å². The van der Waals surface area contributed by atoms with Crippen LogP contribution in [-0.2, 0) is 6.42 Å². The number of aromatic nitrogens is 1. The molecule has 3 rings (SSSR count). The number of benzene rings is 1. The first kappa shape index (κ1) is 21.2. The van der Waals surface area contributed by atoms with E-state index < -0.39 is 5.92 Å². The minimum absolute atomic E-state index is 0.145. The van der Waals surface area contributed by atoms with Crippen LogP contribution in [0.4, 0.5) is 8.78 Å². The normalized spacial score (nSPS) is 17.1. The van der Waals surface area contributed by atoms with Gasteiger partial charge in [-0.3, -0.25) is 4.79 Å². The van der Waals surface area contributed by atoms with Crippen molar-refractivity contribution >= 4 is 27.5 Å². The maximum atomic E-state index is 13.3. The highest BCUT2D eigenvalue weighted by atomic mass is 32.1. The third-order valence-corrected chi connectivity index (χ3v) is 6.57. The highest BCUT2D eigenvalue weighted by molar-refractivity contribution is 7.18. The van der Waals surface area contributed by atoms with Crippen molar-refractivity contribution in [3.63, 3.8) is 0 Å². The summed E-state index contributed by atoms with van der Waals surface area (Å²) in [6.07, 6.45) is 8.95. The standard InChI is InChI=1S/C22H30F2N2OS/c1-2-3-4-5-6-7-8-20-26-18-10-9-16(15-19(18)28-20)21(27)25-17-11-13-22(23,24)14-12-17/h9-10,15,17H,2-8,11-14H2,1H3,(H,25,27). The van der Waals surface area contributed by atoms with Crippen molar-refractivity contribution in [2.24, 2.45) is 0 Å². The van der Waals surface area contributed by atoms with E-state index in [4.69, 9.17) is 0 Å². The van der Waals surface area contributed by atoms with Crippen LogP contribution in [-0.4, -0.2) is 22.9 Å². The Hall–Kier alpha value is -1.56. The van der Waals surface area contributed by atoms with E-state index >= 15 is 0 Å². The van der Waals surface area contributed by atoms with Crippen LogP contribution in [0.5, 0.6) is 0 Å². The molecule has 0 saturated heterocycles. The van der Waals surface area contributed by atoms with Gasteiger partial charge in [0.2, 0.25) is 5.92 Å². The number of carbonyl (C=O) groups excluding carboxylic acids is 1. The summed E-state index contributed by atoms with van der Waals surface area (Å²) in [5, 5.41) is 4.04. The van der Waals surface area contributed by atoms with E-state index in [0.29, 0.717) is 18.4 Å². The SMILES string of the molecule is CCCCCCCCc1nc2ccc(C(=O)NC3CCC(F)(F)CC3)cc2s1. The van der Waals surface area contributed by atoms with E-state index in [1.165, 1.54) is 32.1 Å². The van der Waals surface area contributed by atoms with Gasteiger partial charge in [0.15, 0.2) is 0 Å². The van der Waals surface area contributed by atoms with Crippen LogP contribution in [0.2, 0.25) is 0 Å². The van der Waals surface area contributed by atoms with Gasteiger partial charge in [0.05, 0.1) is 15.2 Å². The number of fused-ring (bicyclic) bond motifs is 1. The van der Waals surface area contributed by atoms with Gasteiger partial charge in [0, 0.05) is 24.4 Å². The molecular weight excluding hydrogens is 378 g/mol. The second-order valence-corrected chi connectivity index (χ2v) is 9.03. The summed E-state index contributed by atoms with van der Waals surface area (Å²) in [5.41, 5.74) is 1.51. The van der Waals surface area contributed by atoms with Crippen LogP contribution >= 0.6 is 11.3 Å². The van der Waals surface area contributed by atoms with Crippen molar-refractivity contribution in [3.05, 3.63) is 28.8 Å². The summed E-state index contributed by atoms with van der Waals surface area (Å²) >= 11 is 1.65. The molecule has 3 nitrogen and oxygen atoms in total. The average molecular weight is 409 g/mol. The van der Waals surface area contributed by atoms with Crippen molar-refractivity contribution in [3.8, 4) is 0 Å². The Morgan fingerprint density at radius 2 is 1.89 bits per heavy atom. The zero-order chi connectivity index (χ0) is 20.0. The van der Waals surface area contributed by atoms with Crippen LogP contribution in [0.15, 0.2) is 18.2 Å². The molecule has 1 heterocycles. The maximum absolute atomic E-state index is 13.3. The first-order valence-corrected chi connectivity index (χ1v) is 11.4. The molecule has 1 amide bonds. The Kier molecular flexibility index (Phi) is 7.38. The number of amides is 1. The molecule has 1 fully saturated rings. The molecule has 1 saturated carbocycles. The van der Waals surface area contributed by atoms with Crippen molar-refractivity contribution in [1.82, 2.24) is 10.3 Å². The number of hydrogen-bond acceptors (Lipinski definition) is 3. The molecule has 0 atom stereocenters. The van der Waals surface area contributed by atoms with Crippen LogP contribution < -0.4 is 5.32 Å². The number of halogens is 2. The molecule has 0 bridgehead atoms. The fourth-order valence-electron chi connectivity index (χ4n) is 3.73. The van der Waals surface area contributed by atoms with Gasteiger partial charge in [0.1, 0.15) is 0 Å². The minimum Gasteiger partial charge on any atom is -0.349 e. The Labute approximate surface area is 169 Å². The highest BCUT2D eigenvalue weighted by Crippen LogP contribution is 2.33. The molecule has 1 aliphatic rings. The predicted molar refractivity (Wildman–Crippen MR) is 111 cm³/mol. The fourth-order valence-corrected chi connectivity index (χ4v) is 4.78. The molecular formula is C22H30F2N2OS. The lowest BCUT2D eigenvalue weighted by molar-refractivity contribution is -0.0399. The third kappa shape index (κ3) is 5.97. The van der Waals surface area contributed by atoms with Gasteiger partial charge >= 0.3 is 0 Å². The lowest BCUT2D eigenvalue weighted by Crippen LogP contribution is -2.40. The largest absolute Gasteiger partial charge is 0.349 e. The number of alkyl halides is 2. The zero-order valence-electron chi connectivity index (χ0n) is 16.6. The molecule has 0 unspecified atom stereocenters. The number of unbranched alkanes of at least 4 members (excludes halogenated alkanes) is 5. The number of rotatable bonds is 9. The Bertz CT molecular complexity index is 780. The van der Waals surface area contributed by atoms with Gasteiger partial charge in [-0.05, 0) is 43.9 Å². The molecule has 1 aliphatic carbocycles. The summed E-state index contributed by atoms with van der Waals surface area (Å²) in [6.45, 7) is 2.23. The van der Waals surface area contributed by atoms with E-state index in [1.807, 2.05) is 12.1 Å². The Morgan fingerprint density at radius 3 is 2.64 bits per heavy atom. The lowest BCUT2D eigenvalue weighted by atomic mass is 9.92. The monoisotopic (exact) mass is 408 g/mol. The Balaban J connectivity index is 1.52. The third-order valence-electron chi connectivity index (χ3n) is 5.49. The number of thiazole rings is 1. The van der Waals surface area contributed by atoms with Crippen molar-refractivity contribution in [2.75, 3.05) is 0 Å². The average Bonchev–Trinajstić information content (AvgIpc) is 3.08. The second kappa shape index (κ2) is 9.77. The first-order valence-electron chi connectivity index (χ1n) is 10.5. The van der Waals surface area contributed by atoms with E-state index in [-0.39, 0.29) is 24.8 Å². The van der Waals surface area contributed by atoms with Gasteiger partial charge in [-0.15, -0.1) is 11.3 Å². The molecule has 0 spiro atoms. The Morgan fingerprint density at radius 1 is 1.18 bits per heavy atom. The predicted octanol–water partition coefficient (Wildman–Crippen LogP) is 6.51. The number of aryl methyl sites for hydroxylation is 1. The summed E-state index contributed by atoms with van der Waals surface area (Å²) in [4.78, 5) is 17.2. The summed E-state index contributed by atoms with van der Waals surface area (Å²) in [5.74, 6) is -2.75. The maximum Gasteiger partial charge on any atom is 0.251 e. The fraction of sp³-hybridized carbons (Fsp3) is 0.636. The molecule has 1 aromatic carbocycles. The first-order chi connectivity index (χ1) is 13.5. The molecule has 2 aromatic rings.